The summed E-state index contributed by atoms with van der Waals surface area (Å²) in [5.41, 5.74) is 0.268. The van der Waals surface area contributed by atoms with Crippen LogP contribution in [0.1, 0.15) is 85.5 Å². The van der Waals surface area contributed by atoms with Crippen LogP contribution in [0.3, 0.4) is 0 Å². The molecule has 4 fully saturated rings. The normalized spacial score (nSPS) is 57.0. The van der Waals surface area contributed by atoms with E-state index in [4.69, 9.17) is 0 Å². The highest BCUT2D eigenvalue weighted by atomic mass is 16.3. The number of ketones is 1. The smallest absolute Gasteiger partial charge is 0.133 e. The molecule has 0 unspecified atom stereocenters. The minimum absolute atomic E-state index is 0.274. The number of aliphatic hydroxyl groups is 1. The first-order valence-corrected chi connectivity index (χ1v) is 10.4. The molecule has 0 spiro atoms. The molecule has 0 bridgehead atoms. The van der Waals surface area contributed by atoms with E-state index in [0.29, 0.717) is 23.0 Å². The lowest BCUT2D eigenvalue weighted by Gasteiger charge is -2.61. The molecule has 0 saturated heterocycles. The molecule has 136 valence electrons. The summed E-state index contributed by atoms with van der Waals surface area (Å²) in [5, 5.41) is 10.6. The zero-order chi connectivity index (χ0) is 17.3. The number of carbonyl (C=O) groups excluding carboxylic acids is 1. The first-order valence-electron chi connectivity index (χ1n) is 10.4. The maximum Gasteiger partial charge on any atom is 0.133 e. The largest absolute Gasteiger partial charge is 0.390 e. The third-order valence-corrected chi connectivity index (χ3v) is 9.44. The first-order chi connectivity index (χ1) is 11.2. The fourth-order valence-corrected chi connectivity index (χ4v) is 8.10. The summed E-state index contributed by atoms with van der Waals surface area (Å²) in [6.45, 7) is 8.85. The fourth-order valence-electron chi connectivity index (χ4n) is 8.10. The summed E-state index contributed by atoms with van der Waals surface area (Å²) >= 11 is 0. The molecule has 24 heavy (non-hydrogen) atoms. The van der Waals surface area contributed by atoms with Crippen molar-refractivity contribution < 1.29 is 9.90 Å². The van der Waals surface area contributed by atoms with Crippen LogP contribution >= 0.6 is 0 Å². The Morgan fingerprint density at radius 3 is 2.29 bits per heavy atom. The second kappa shape index (κ2) is 5.32. The van der Waals surface area contributed by atoms with Gasteiger partial charge in [-0.05, 0) is 106 Å². The molecular formula is C22H36O2. The van der Waals surface area contributed by atoms with Crippen LogP contribution < -0.4 is 0 Å². The minimum Gasteiger partial charge on any atom is -0.390 e. The number of carbonyl (C=O) groups is 1. The van der Waals surface area contributed by atoms with Crippen LogP contribution in [0.15, 0.2) is 0 Å². The minimum atomic E-state index is -0.437. The molecule has 4 aliphatic carbocycles. The van der Waals surface area contributed by atoms with E-state index >= 15 is 0 Å². The third kappa shape index (κ3) is 2.27. The Balaban J connectivity index is 1.61. The number of hydrogen-bond acceptors (Lipinski definition) is 2. The third-order valence-electron chi connectivity index (χ3n) is 9.44. The summed E-state index contributed by atoms with van der Waals surface area (Å²) in [6, 6.07) is 0. The monoisotopic (exact) mass is 332 g/mol. The maximum absolute atomic E-state index is 12.2. The molecule has 0 aromatic carbocycles. The Morgan fingerprint density at radius 2 is 1.58 bits per heavy atom. The average molecular weight is 333 g/mol. The van der Waals surface area contributed by atoms with Gasteiger partial charge in [0.25, 0.3) is 0 Å². The van der Waals surface area contributed by atoms with Crippen LogP contribution in [-0.2, 0) is 4.79 Å². The van der Waals surface area contributed by atoms with Crippen LogP contribution in [0.25, 0.3) is 0 Å². The van der Waals surface area contributed by atoms with Gasteiger partial charge in [0.2, 0.25) is 0 Å². The molecule has 0 aromatic rings. The molecule has 2 nitrogen and oxygen atoms in total. The summed E-state index contributed by atoms with van der Waals surface area (Å²) < 4.78 is 0. The van der Waals surface area contributed by atoms with Crippen molar-refractivity contribution >= 4 is 5.78 Å². The maximum atomic E-state index is 12.2. The van der Waals surface area contributed by atoms with Gasteiger partial charge < -0.3 is 5.11 Å². The molecule has 0 aliphatic heterocycles. The predicted octanol–water partition coefficient (Wildman–Crippen LogP) is 4.99. The van der Waals surface area contributed by atoms with Crippen LogP contribution in [0, 0.1) is 40.4 Å². The van der Waals surface area contributed by atoms with E-state index in [1.54, 1.807) is 0 Å². The highest BCUT2D eigenvalue weighted by Crippen LogP contribution is 2.68. The van der Waals surface area contributed by atoms with Crippen molar-refractivity contribution in [2.45, 2.75) is 91.1 Å². The first kappa shape index (κ1) is 17.1. The van der Waals surface area contributed by atoms with Crippen molar-refractivity contribution in [3.05, 3.63) is 0 Å². The Bertz CT molecular complexity index is 538. The molecule has 4 aliphatic rings. The van der Waals surface area contributed by atoms with E-state index in [-0.39, 0.29) is 5.41 Å². The summed E-state index contributed by atoms with van der Waals surface area (Å²) in [7, 11) is 0. The van der Waals surface area contributed by atoms with E-state index < -0.39 is 5.60 Å². The lowest BCUT2D eigenvalue weighted by molar-refractivity contribution is -0.150. The lowest BCUT2D eigenvalue weighted by atomic mass is 9.44. The van der Waals surface area contributed by atoms with E-state index in [1.807, 2.05) is 13.8 Å². The van der Waals surface area contributed by atoms with Crippen molar-refractivity contribution in [2.24, 2.45) is 40.4 Å². The number of Topliss-reactive ketones (excluding diaryl/α,β-unsaturated/α-hetero) is 1. The Morgan fingerprint density at radius 1 is 0.875 bits per heavy atom. The van der Waals surface area contributed by atoms with E-state index in [2.05, 4.69) is 13.8 Å². The van der Waals surface area contributed by atoms with Crippen molar-refractivity contribution in [3.63, 3.8) is 0 Å². The molecule has 2 heteroatoms. The second-order valence-electron chi connectivity index (χ2n) is 10.6. The van der Waals surface area contributed by atoms with Crippen LogP contribution in [0.2, 0.25) is 0 Å². The van der Waals surface area contributed by atoms with E-state index in [0.717, 1.165) is 37.0 Å². The quantitative estimate of drug-likeness (QED) is 0.735. The molecule has 1 N–H and O–H groups in total. The molecule has 4 rings (SSSR count). The predicted molar refractivity (Wildman–Crippen MR) is 96.5 cm³/mol. The Hall–Kier alpha value is -0.370. The van der Waals surface area contributed by atoms with Gasteiger partial charge in [-0.2, -0.15) is 0 Å². The Kier molecular flexibility index (Phi) is 3.78. The average Bonchev–Trinajstić information content (AvgIpc) is 2.85. The van der Waals surface area contributed by atoms with Gasteiger partial charge in [-0.15, -0.1) is 0 Å². The molecule has 0 heterocycles. The number of rotatable bonds is 1. The molecule has 4 saturated carbocycles. The SMILES string of the molecule is CC(=O)[C@H]1CC[C@@H]2[C@@H]3CC[C@@H]4C[C@](C)(O)CC[C@]4(C)[C@H]3CC[C@@]12C. The zero-order valence-electron chi connectivity index (χ0n) is 16.1. The number of hydrogen-bond donors (Lipinski definition) is 1. The van der Waals surface area contributed by atoms with Gasteiger partial charge >= 0.3 is 0 Å². The van der Waals surface area contributed by atoms with E-state index in [9.17, 15) is 9.90 Å². The van der Waals surface area contributed by atoms with Gasteiger partial charge in [0, 0.05) is 5.92 Å². The Labute approximate surface area is 147 Å². The number of fused-ring (bicyclic) bond motifs is 5. The molecular weight excluding hydrogens is 296 g/mol. The van der Waals surface area contributed by atoms with Crippen LogP contribution in [0.4, 0.5) is 0 Å². The molecule has 0 amide bonds. The van der Waals surface area contributed by atoms with Crippen molar-refractivity contribution in [2.75, 3.05) is 0 Å². The van der Waals surface area contributed by atoms with Gasteiger partial charge in [-0.25, -0.2) is 0 Å². The summed E-state index contributed by atoms with van der Waals surface area (Å²) in [6.07, 6.45) is 10.8. The van der Waals surface area contributed by atoms with E-state index in [1.165, 1.54) is 38.5 Å². The summed E-state index contributed by atoms with van der Waals surface area (Å²) in [4.78, 5) is 12.2. The highest BCUT2D eigenvalue weighted by Gasteiger charge is 2.61. The van der Waals surface area contributed by atoms with Crippen LogP contribution in [0.5, 0.6) is 0 Å². The zero-order valence-corrected chi connectivity index (χ0v) is 16.1. The summed E-state index contributed by atoms with van der Waals surface area (Å²) in [5.74, 6) is 3.89. The van der Waals surface area contributed by atoms with Gasteiger partial charge in [0.15, 0.2) is 0 Å². The highest BCUT2D eigenvalue weighted by molar-refractivity contribution is 5.79. The second-order valence-corrected chi connectivity index (χ2v) is 10.6. The molecule has 0 aromatic heterocycles. The van der Waals surface area contributed by atoms with Gasteiger partial charge in [0.1, 0.15) is 5.78 Å². The van der Waals surface area contributed by atoms with Crippen molar-refractivity contribution in [1.29, 1.82) is 0 Å². The lowest BCUT2D eigenvalue weighted by Crippen LogP contribution is -2.55. The van der Waals surface area contributed by atoms with Gasteiger partial charge in [0.05, 0.1) is 5.60 Å². The van der Waals surface area contributed by atoms with Crippen LogP contribution in [-0.4, -0.2) is 16.5 Å². The van der Waals surface area contributed by atoms with Crippen molar-refractivity contribution in [1.82, 2.24) is 0 Å². The van der Waals surface area contributed by atoms with Gasteiger partial charge in [-0.3, -0.25) is 4.79 Å². The topological polar surface area (TPSA) is 37.3 Å². The molecule has 0 radical (unpaired) electrons. The standard InChI is InChI=1S/C22H36O2/c1-14(23)17-7-8-18-16-6-5-15-13-20(2,24)11-12-21(15,3)19(16)9-10-22(17,18)4/h15-19,24H,5-13H2,1-4H3/t15-,16+,17-,18-,19+,20-,21+,22+/m1/s1. The van der Waals surface area contributed by atoms with Gasteiger partial charge in [-0.1, -0.05) is 13.8 Å². The molecule has 8 atom stereocenters. The fraction of sp³-hybridized carbons (Fsp3) is 0.955. The van der Waals surface area contributed by atoms with Crippen molar-refractivity contribution in [3.8, 4) is 0 Å².